The van der Waals surface area contributed by atoms with Gasteiger partial charge in [0.15, 0.2) is 0 Å². The molecule has 1 saturated heterocycles. The summed E-state index contributed by atoms with van der Waals surface area (Å²) >= 11 is 5.92. The SMILES string of the molecule is CCCN1CCC(=NNc2cc(C(F)(F)F)ccc2Cl)CC1. The summed E-state index contributed by atoms with van der Waals surface area (Å²) in [5.74, 6) is 0. The molecule has 3 nitrogen and oxygen atoms in total. The van der Waals surface area contributed by atoms with Crippen molar-refractivity contribution >= 4 is 23.0 Å². The third-order valence-electron chi connectivity index (χ3n) is 3.60. The van der Waals surface area contributed by atoms with E-state index in [0.29, 0.717) is 0 Å². The Morgan fingerprint density at radius 3 is 2.55 bits per heavy atom. The lowest BCUT2D eigenvalue weighted by atomic mass is 10.1. The third-order valence-corrected chi connectivity index (χ3v) is 3.93. The van der Waals surface area contributed by atoms with Crippen LogP contribution in [0.25, 0.3) is 0 Å². The summed E-state index contributed by atoms with van der Waals surface area (Å²) in [6.45, 7) is 5.08. The van der Waals surface area contributed by atoms with Crippen LogP contribution in [0.3, 0.4) is 0 Å². The molecule has 2 rings (SSSR count). The smallest absolute Gasteiger partial charge is 0.303 e. The number of nitrogens with one attached hydrogen (secondary N) is 1. The lowest BCUT2D eigenvalue weighted by Gasteiger charge is -2.26. The summed E-state index contributed by atoms with van der Waals surface area (Å²) in [6.07, 6.45) is -1.63. The highest BCUT2D eigenvalue weighted by Crippen LogP contribution is 2.33. The molecule has 1 aliphatic rings. The summed E-state index contributed by atoms with van der Waals surface area (Å²) < 4.78 is 38.1. The summed E-state index contributed by atoms with van der Waals surface area (Å²) in [5, 5.41) is 4.44. The quantitative estimate of drug-likeness (QED) is 0.813. The number of anilines is 1. The fraction of sp³-hybridized carbons (Fsp3) is 0.533. The van der Waals surface area contributed by atoms with E-state index in [4.69, 9.17) is 11.6 Å². The average molecular weight is 334 g/mol. The second-order valence-electron chi connectivity index (χ2n) is 5.32. The first-order valence-corrected chi connectivity index (χ1v) is 7.68. The zero-order valence-electron chi connectivity index (χ0n) is 12.4. The van der Waals surface area contributed by atoms with Gasteiger partial charge in [-0.1, -0.05) is 18.5 Å². The first kappa shape index (κ1) is 17.1. The topological polar surface area (TPSA) is 27.6 Å². The number of benzene rings is 1. The van der Waals surface area contributed by atoms with Crippen LogP contribution in [0.5, 0.6) is 0 Å². The molecule has 22 heavy (non-hydrogen) atoms. The van der Waals surface area contributed by atoms with E-state index in [9.17, 15) is 13.2 Å². The van der Waals surface area contributed by atoms with Crippen LogP contribution in [0, 0.1) is 0 Å². The second-order valence-corrected chi connectivity index (χ2v) is 5.73. The zero-order chi connectivity index (χ0) is 16.2. The van der Waals surface area contributed by atoms with Crippen molar-refractivity contribution < 1.29 is 13.2 Å². The lowest BCUT2D eigenvalue weighted by molar-refractivity contribution is -0.137. The van der Waals surface area contributed by atoms with E-state index in [1.165, 1.54) is 6.07 Å². The van der Waals surface area contributed by atoms with Crippen molar-refractivity contribution in [1.82, 2.24) is 4.90 Å². The van der Waals surface area contributed by atoms with Gasteiger partial charge in [-0.15, -0.1) is 0 Å². The van der Waals surface area contributed by atoms with E-state index in [-0.39, 0.29) is 10.7 Å². The van der Waals surface area contributed by atoms with Crippen molar-refractivity contribution in [3.8, 4) is 0 Å². The monoisotopic (exact) mass is 333 g/mol. The predicted molar refractivity (Wildman–Crippen MR) is 83.5 cm³/mol. The largest absolute Gasteiger partial charge is 0.416 e. The highest BCUT2D eigenvalue weighted by Gasteiger charge is 2.31. The average Bonchev–Trinajstić information content (AvgIpc) is 2.47. The van der Waals surface area contributed by atoms with Crippen LogP contribution in [-0.4, -0.2) is 30.2 Å². The number of rotatable bonds is 4. The van der Waals surface area contributed by atoms with Gasteiger partial charge in [-0.2, -0.15) is 18.3 Å². The van der Waals surface area contributed by atoms with Gasteiger partial charge in [0, 0.05) is 31.6 Å². The lowest BCUT2D eigenvalue weighted by Crippen LogP contribution is -2.34. The molecule has 122 valence electrons. The van der Waals surface area contributed by atoms with Crippen molar-refractivity contribution in [2.45, 2.75) is 32.4 Å². The Bertz CT molecular complexity index is 533. The number of hydrogen-bond acceptors (Lipinski definition) is 3. The van der Waals surface area contributed by atoms with E-state index in [1.54, 1.807) is 0 Å². The van der Waals surface area contributed by atoms with Crippen LogP contribution >= 0.6 is 11.6 Å². The molecule has 0 bridgehead atoms. The summed E-state index contributed by atoms with van der Waals surface area (Å²) in [4.78, 5) is 2.36. The molecular formula is C15H19ClF3N3. The minimum Gasteiger partial charge on any atom is -0.303 e. The molecule has 0 saturated carbocycles. The van der Waals surface area contributed by atoms with Gasteiger partial charge in [-0.3, -0.25) is 5.43 Å². The molecule has 0 amide bonds. The van der Waals surface area contributed by atoms with Crippen LogP contribution in [0.4, 0.5) is 18.9 Å². The molecule has 7 heteroatoms. The molecule has 0 aliphatic carbocycles. The van der Waals surface area contributed by atoms with E-state index < -0.39 is 11.7 Å². The van der Waals surface area contributed by atoms with Crippen LogP contribution < -0.4 is 5.43 Å². The van der Waals surface area contributed by atoms with Gasteiger partial charge in [-0.25, -0.2) is 0 Å². The number of likely N-dealkylation sites (tertiary alicyclic amines) is 1. The molecule has 0 atom stereocenters. The van der Waals surface area contributed by atoms with Crippen molar-refractivity contribution in [2.24, 2.45) is 5.10 Å². The predicted octanol–water partition coefficient (Wildman–Crippen LogP) is 4.63. The van der Waals surface area contributed by atoms with Gasteiger partial charge >= 0.3 is 6.18 Å². The van der Waals surface area contributed by atoms with E-state index >= 15 is 0 Å². The number of nitrogens with zero attached hydrogens (tertiary/aromatic N) is 2. The maximum atomic E-state index is 12.7. The van der Waals surface area contributed by atoms with Gasteiger partial charge in [0.1, 0.15) is 0 Å². The maximum absolute atomic E-state index is 12.7. The highest BCUT2D eigenvalue weighted by molar-refractivity contribution is 6.33. The molecule has 1 fully saturated rings. The van der Waals surface area contributed by atoms with Crippen LogP contribution in [0.1, 0.15) is 31.7 Å². The van der Waals surface area contributed by atoms with Gasteiger partial charge in [0.05, 0.1) is 16.3 Å². The minimum absolute atomic E-state index is 0.181. The van der Waals surface area contributed by atoms with Gasteiger partial charge in [-0.05, 0) is 31.2 Å². The summed E-state index contributed by atoms with van der Waals surface area (Å²) in [7, 11) is 0. The molecule has 0 spiro atoms. The van der Waals surface area contributed by atoms with E-state index in [2.05, 4.69) is 22.4 Å². The van der Waals surface area contributed by atoms with Crippen LogP contribution in [0.15, 0.2) is 23.3 Å². The molecule has 1 aromatic rings. The van der Waals surface area contributed by atoms with Crippen LogP contribution in [-0.2, 0) is 6.18 Å². The number of halogens is 4. The standard InChI is InChI=1S/C15H19ClF3N3/c1-2-7-22-8-5-12(6-9-22)20-21-14-10-11(15(17,18)19)3-4-13(14)16/h3-4,10,21H,2,5-9H2,1H3. The first-order valence-electron chi connectivity index (χ1n) is 7.30. The fourth-order valence-electron chi connectivity index (χ4n) is 2.39. The molecule has 1 heterocycles. The van der Waals surface area contributed by atoms with Gasteiger partial charge in [0.2, 0.25) is 0 Å². The fourth-order valence-corrected chi connectivity index (χ4v) is 2.55. The summed E-state index contributed by atoms with van der Waals surface area (Å²) in [6, 6.07) is 3.18. The molecular weight excluding hydrogens is 315 g/mol. The van der Waals surface area contributed by atoms with Crippen LogP contribution in [0.2, 0.25) is 5.02 Å². The van der Waals surface area contributed by atoms with Crippen molar-refractivity contribution in [3.05, 3.63) is 28.8 Å². The Kier molecular flexibility index (Phi) is 5.69. The number of hydrazone groups is 1. The third kappa shape index (κ3) is 4.61. The Hall–Kier alpha value is -1.27. The second kappa shape index (κ2) is 7.33. The van der Waals surface area contributed by atoms with Crippen molar-refractivity contribution in [3.63, 3.8) is 0 Å². The number of piperidine rings is 1. The number of hydrogen-bond donors (Lipinski definition) is 1. The van der Waals surface area contributed by atoms with Crippen molar-refractivity contribution in [1.29, 1.82) is 0 Å². The molecule has 0 unspecified atom stereocenters. The maximum Gasteiger partial charge on any atom is 0.416 e. The van der Waals surface area contributed by atoms with Gasteiger partial charge in [0.25, 0.3) is 0 Å². The molecule has 1 aliphatic heterocycles. The Morgan fingerprint density at radius 2 is 1.95 bits per heavy atom. The minimum atomic E-state index is -4.39. The molecule has 1 aromatic carbocycles. The van der Waals surface area contributed by atoms with Crippen molar-refractivity contribution in [2.75, 3.05) is 25.1 Å². The molecule has 0 radical (unpaired) electrons. The Balaban J connectivity index is 2.01. The Morgan fingerprint density at radius 1 is 1.27 bits per heavy atom. The Labute approximate surface area is 133 Å². The van der Waals surface area contributed by atoms with Gasteiger partial charge < -0.3 is 4.90 Å². The summed E-state index contributed by atoms with van der Waals surface area (Å²) in [5.41, 5.74) is 3.08. The zero-order valence-corrected chi connectivity index (χ0v) is 13.1. The normalized spacial score (nSPS) is 16.7. The molecule has 0 aromatic heterocycles. The number of alkyl halides is 3. The van der Waals surface area contributed by atoms with E-state index in [1.807, 2.05) is 0 Å². The highest BCUT2D eigenvalue weighted by atomic mass is 35.5. The first-order chi connectivity index (χ1) is 10.4. The molecule has 1 N–H and O–H groups in total. The van der Waals surface area contributed by atoms with E-state index in [0.717, 1.165) is 56.7 Å².